The molecule has 1 saturated heterocycles. The van der Waals surface area contributed by atoms with Crippen LogP contribution in [-0.4, -0.2) is 56.5 Å². The lowest BCUT2D eigenvalue weighted by Gasteiger charge is -2.36. The Morgan fingerprint density at radius 3 is 2.53 bits per heavy atom. The Labute approximate surface area is 189 Å². The number of rotatable bonds is 5. The zero-order valence-electron chi connectivity index (χ0n) is 17.6. The first-order valence-corrected chi connectivity index (χ1v) is 11.7. The number of esters is 1. The summed E-state index contributed by atoms with van der Waals surface area (Å²) in [5, 5.41) is 0.634. The van der Waals surface area contributed by atoms with E-state index in [1.165, 1.54) is 29.6 Å². The van der Waals surface area contributed by atoms with E-state index >= 15 is 0 Å². The van der Waals surface area contributed by atoms with Gasteiger partial charge in [0.15, 0.2) is 5.58 Å². The number of aromatic nitrogens is 1. The van der Waals surface area contributed by atoms with Gasteiger partial charge in [0.2, 0.25) is 10.0 Å². The molecule has 0 radical (unpaired) electrons. The third-order valence-corrected chi connectivity index (χ3v) is 7.67. The number of piperazine rings is 1. The maximum absolute atomic E-state index is 13.2. The van der Waals surface area contributed by atoms with Crippen LogP contribution in [0.3, 0.4) is 0 Å². The summed E-state index contributed by atoms with van der Waals surface area (Å²) < 4.78 is 38.7. The highest BCUT2D eigenvalue weighted by atomic mass is 35.5. The molecule has 1 aliphatic rings. The number of sulfonamides is 1. The number of carbonyl (C=O) groups is 1. The summed E-state index contributed by atoms with van der Waals surface area (Å²) in [4.78, 5) is 25.8. The van der Waals surface area contributed by atoms with E-state index in [-0.39, 0.29) is 17.0 Å². The van der Waals surface area contributed by atoms with Gasteiger partial charge in [0.25, 0.3) is 0 Å². The summed E-state index contributed by atoms with van der Waals surface area (Å²) in [6, 6.07) is 9.84. The Bertz CT molecular complexity index is 1340. The van der Waals surface area contributed by atoms with Crippen LogP contribution < -0.4 is 10.7 Å². The predicted octanol–water partition coefficient (Wildman–Crippen LogP) is 2.24. The van der Waals surface area contributed by atoms with Crippen molar-refractivity contribution in [3.8, 4) is 0 Å². The molecule has 32 heavy (non-hydrogen) atoms. The van der Waals surface area contributed by atoms with E-state index in [0.717, 1.165) is 15.8 Å². The van der Waals surface area contributed by atoms with Gasteiger partial charge < -0.3 is 14.1 Å². The molecule has 0 amide bonds. The molecule has 1 aromatic heterocycles. The zero-order valence-corrected chi connectivity index (χ0v) is 19.1. The number of methoxy groups -OCH3 is 1. The third kappa shape index (κ3) is 4.13. The summed E-state index contributed by atoms with van der Waals surface area (Å²) in [6.07, 6.45) is 0. The van der Waals surface area contributed by atoms with Gasteiger partial charge in [0.05, 0.1) is 17.5 Å². The SMILES string of the molecule is COC(=O)Cn1c(=O)oc2cc(S(=O)(=O)N3CCN(c4cc(Cl)ccc4C)CC3)ccc21. The lowest BCUT2D eigenvalue weighted by Crippen LogP contribution is -2.48. The zero-order chi connectivity index (χ0) is 23.0. The number of hydrogen-bond donors (Lipinski definition) is 0. The molecule has 0 spiro atoms. The minimum absolute atomic E-state index is 0.0244. The van der Waals surface area contributed by atoms with Gasteiger partial charge in [0, 0.05) is 43.0 Å². The van der Waals surface area contributed by atoms with Crippen LogP contribution in [0.15, 0.2) is 50.5 Å². The maximum Gasteiger partial charge on any atom is 0.420 e. The average molecular weight is 480 g/mol. The second-order valence-electron chi connectivity index (χ2n) is 7.48. The minimum atomic E-state index is -3.79. The van der Waals surface area contributed by atoms with Crippen molar-refractivity contribution in [2.24, 2.45) is 0 Å². The van der Waals surface area contributed by atoms with E-state index in [1.807, 2.05) is 25.1 Å². The second kappa shape index (κ2) is 8.61. The normalized spacial score (nSPS) is 15.3. The maximum atomic E-state index is 13.2. The first-order valence-electron chi connectivity index (χ1n) is 9.92. The lowest BCUT2D eigenvalue weighted by atomic mass is 10.1. The molecule has 0 saturated carbocycles. The topological polar surface area (TPSA) is 102 Å². The second-order valence-corrected chi connectivity index (χ2v) is 9.86. The van der Waals surface area contributed by atoms with E-state index in [0.29, 0.717) is 36.7 Å². The summed E-state index contributed by atoms with van der Waals surface area (Å²) in [5.41, 5.74) is 2.47. The monoisotopic (exact) mass is 479 g/mol. The van der Waals surface area contributed by atoms with Crippen LogP contribution in [0.25, 0.3) is 11.1 Å². The van der Waals surface area contributed by atoms with Crippen molar-refractivity contribution in [3.05, 3.63) is 57.5 Å². The highest BCUT2D eigenvalue weighted by molar-refractivity contribution is 7.89. The van der Waals surface area contributed by atoms with E-state index < -0.39 is 21.7 Å². The van der Waals surface area contributed by atoms with E-state index in [9.17, 15) is 18.0 Å². The van der Waals surface area contributed by atoms with Gasteiger partial charge in [-0.05, 0) is 36.8 Å². The van der Waals surface area contributed by atoms with Crippen LogP contribution in [-0.2, 0) is 26.1 Å². The number of aryl methyl sites for hydroxylation is 1. The molecule has 0 aliphatic carbocycles. The van der Waals surface area contributed by atoms with Crippen molar-refractivity contribution < 1.29 is 22.4 Å². The quantitative estimate of drug-likeness (QED) is 0.517. The molecule has 2 aromatic carbocycles. The molecule has 0 unspecified atom stereocenters. The minimum Gasteiger partial charge on any atom is -0.468 e. The van der Waals surface area contributed by atoms with Crippen LogP contribution in [0.4, 0.5) is 5.69 Å². The van der Waals surface area contributed by atoms with Gasteiger partial charge in [-0.15, -0.1) is 0 Å². The largest absolute Gasteiger partial charge is 0.468 e. The van der Waals surface area contributed by atoms with Gasteiger partial charge in [-0.2, -0.15) is 4.31 Å². The molecule has 0 N–H and O–H groups in total. The number of nitrogens with zero attached hydrogens (tertiary/aromatic N) is 3. The van der Waals surface area contributed by atoms with Crippen LogP contribution in [0.1, 0.15) is 5.56 Å². The number of halogens is 1. The molecule has 11 heteroatoms. The highest BCUT2D eigenvalue weighted by Crippen LogP contribution is 2.27. The summed E-state index contributed by atoms with van der Waals surface area (Å²) in [6.45, 7) is 3.32. The number of fused-ring (bicyclic) bond motifs is 1. The van der Waals surface area contributed by atoms with Crippen molar-refractivity contribution in [3.63, 3.8) is 0 Å². The summed E-state index contributed by atoms with van der Waals surface area (Å²) in [7, 11) is -2.57. The fourth-order valence-corrected chi connectivity index (χ4v) is 5.40. The Morgan fingerprint density at radius 2 is 1.84 bits per heavy atom. The highest BCUT2D eigenvalue weighted by Gasteiger charge is 2.30. The van der Waals surface area contributed by atoms with Gasteiger partial charge in [-0.1, -0.05) is 17.7 Å². The van der Waals surface area contributed by atoms with E-state index in [4.69, 9.17) is 16.0 Å². The number of oxazole rings is 1. The molecule has 4 rings (SSSR count). The van der Waals surface area contributed by atoms with Crippen LogP contribution >= 0.6 is 11.6 Å². The first kappa shape index (κ1) is 22.4. The Balaban J connectivity index is 1.55. The van der Waals surface area contributed by atoms with Gasteiger partial charge in [0.1, 0.15) is 6.54 Å². The van der Waals surface area contributed by atoms with Crippen molar-refractivity contribution in [2.75, 3.05) is 38.2 Å². The predicted molar refractivity (Wildman–Crippen MR) is 120 cm³/mol. The molecule has 0 atom stereocenters. The Kier molecular flexibility index (Phi) is 6.02. The molecule has 3 aromatic rings. The first-order chi connectivity index (χ1) is 15.2. The number of carbonyl (C=O) groups excluding carboxylic acids is 1. The molecule has 170 valence electrons. The average Bonchev–Trinajstić information content (AvgIpc) is 3.09. The Morgan fingerprint density at radius 1 is 1.12 bits per heavy atom. The van der Waals surface area contributed by atoms with Crippen molar-refractivity contribution in [1.29, 1.82) is 0 Å². The number of hydrogen-bond acceptors (Lipinski definition) is 7. The molecular weight excluding hydrogens is 458 g/mol. The van der Waals surface area contributed by atoms with Crippen molar-refractivity contribution >= 4 is 44.4 Å². The smallest absolute Gasteiger partial charge is 0.420 e. The molecule has 9 nitrogen and oxygen atoms in total. The van der Waals surface area contributed by atoms with Gasteiger partial charge in [-0.3, -0.25) is 9.36 Å². The number of ether oxygens (including phenoxy) is 1. The number of benzene rings is 2. The molecule has 0 bridgehead atoms. The summed E-state index contributed by atoms with van der Waals surface area (Å²) in [5.74, 6) is -1.37. The van der Waals surface area contributed by atoms with Crippen molar-refractivity contribution in [1.82, 2.24) is 8.87 Å². The fourth-order valence-electron chi connectivity index (χ4n) is 3.79. The fraction of sp³-hybridized carbons (Fsp3) is 0.333. The van der Waals surface area contributed by atoms with Crippen LogP contribution in [0, 0.1) is 6.92 Å². The molecule has 1 fully saturated rings. The summed E-state index contributed by atoms with van der Waals surface area (Å²) >= 11 is 6.12. The van der Waals surface area contributed by atoms with Gasteiger partial charge >= 0.3 is 11.7 Å². The van der Waals surface area contributed by atoms with E-state index in [2.05, 4.69) is 9.64 Å². The van der Waals surface area contributed by atoms with Gasteiger partial charge in [-0.25, -0.2) is 13.2 Å². The molecular formula is C21H22ClN3O6S. The molecule has 1 aliphatic heterocycles. The third-order valence-electron chi connectivity index (χ3n) is 5.54. The van der Waals surface area contributed by atoms with Crippen molar-refractivity contribution in [2.45, 2.75) is 18.4 Å². The van der Waals surface area contributed by atoms with E-state index in [1.54, 1.807) is 0 Å². The number of anilines is 1. The Hall–Kier alpha value is -2.82. The standard InChI is InChI=1S/C21H22ClN3O6S/c1-14-3-4-15(22)11-18(14)23-7-9-24(10-8-23)32(28,29)16-5-6-17-19(12-16)31-21(27)25(17)13-20(26)30-2/h3-6,11-12H,7-10,13H2,1-2H3. The van der Waals surface area contributed by atoms with Crippen LogP contribution in [0.2, 0.25) is 5.02 Å². The van der Waals surface area contributed by atoms with Crippen LogP contribution in [0.5, 0.6) is 0 Å². The lowest BCUT2D eigenvalue weighted by molar-refractivity contribution is -0.141. The molecule has 2 heterocycles.